The Hall–Kier alpha value is -0.0800. The first-order valence-corrected chi connectivity index (χ1v) is 6.03. The Bertz CT molecular complexity index is 190. The van der Waals surface area contributed by atoms with Gasteiger partial charge in [0.05, 0.1) is 5.60 Å². The van der Waals surface area contributed by atoms with Gasteiger partial charge in [-0.3, -0.25) is 0 Å². The van der Waals surface area contributed by atoms with Crippen LogP contribution >= 0.6 is 0 Å². The van der Waals surface area contributed by atoms with Gasteiger partial charge in [-0.05, 0) is 43.9 Å². The van der Waals surface area contributed by atoms with Crippen LogP contribution < -0.4 is 5.32 Å². The standard InChI is InChI=1S/C12H23NO/c1-9-5-10(2)7-12(14,6-9)8-13-11-3-4-11/h9-11,13-14H,3-8H2,1-2H3. The Balaban J connectivity index is 1.84. The molecule has 0 aromatic carbocycles. The van der Waals surface area contributed by atoms with E-state index in [1.807, 2.05) is 0 Å². The van der Waals surface area contributed by atoms with E-state index in [2.05, 4.69) is 19.2 Å². The molecular weight excluding hydrogens is 174 g/mol. The highest BCUT2D eigenvalue weighted by Crippen LogP contribution is 2.36. The summed E-state index contributed by atoms with van der Waals surface area (Å²) in [6.07, 6.45) is 5.86. The van der Waals surface area contributed by atoms with Gasteiger partial charge in [0.1, 0.15) is 0 Å². The fourth-order valence-corrected chi connectivity index (χ4v) is 3.00. The van der Waals surface area contributed by atoms with Crippen molar-refractivity contribution >= 4 is 0 Å². The van der Waals surface area contributed by atoms with Crippen LogP contribution in [0.2, 0.25) is 0 Å². The monoisotopic (exact) mass is 197 g/mol. The van der Waals surface area contributed by atoms with E-state index in [0.717, 1.165) is 19.4 Å². The molecule has 2 fully saturated rings. The van der Waals surface area contributed by atoms with Crippen molar-refractivity contribution in [2.24, 2.45) is 11.8 Å². The van der Waals surface area contributed by atoms with Gasteiger partial charge < -0.3 is 10.4 Å². The molecule has 0 spiro atoms. The lowest BCUT2D eigenvalue weighted by Gasteiger charge is -2.39. The second-order valence-corrected chi connectivity index (χ2v) is 5.73. The molecule has 2 N–H and O–H groups in total. The minimum Gasteiger partial charge on any atom is -0.389 e. The first-order chi connectivity index (χ1) is 6.57. The number of hydrogen-bond donors (Lipinski definition) is 2. The molecule has 2 aliphatic rings. The molecule has 0 saturated heterocycles. The molecular formula is C12H23NO. The van der Waals surface area contributed by atoms with Crippen molar-refractivity contribution in [1.29, 1.82) is 0 Å². The summed E-state index contributed by atoms with van der Waals surface area (Å²) in [6, 6.07) is 0.714. The largest absolute Gasteiger partial charge is 0.389 e. The summed E-state index contributed by atoms with van der Waals surface area (Å²) in [5.41, 5.74) is -0.417. The van der Waals surface area contributed by atoms with Gasteiger partial charge in [-0.1, -0.05) is 13.8 Å². The molecule has 0 amide bonds. The first kappa shape index (κ1) is 10.4. The average Bonchev–Trinajstić information content (AvgIpc) is 2.80. The molecule has 0 aromatic rings. The van der Waals surface area contributed by atoms with Crippen LogP contribution in [0.4, 0.5) is 0 Å². The molecule has 2 rings (SSSR count). The molecule has 2 aliphatic carbocycles. The number of hydrogen-bond acceptors (Lipinski definition) is 2. The van der Waals surface area contributed by atoms with E-state index in [9.17, 15) is 5.11 Å². The SMILES string of the molecule is CC1CC(C)CC(O)(CNC2CC2)C1. The van der Waals surface area contributed by atoms with Gasteiger partial charge in [0.25, 0.3) is 0 Å². The van der Waals surface area contributed by atoms with Gasteiger partial charge >= 0.3 is 0 Å². The van der Waals surface area contributed by atoms with Crippen molar-refractivity contribution in [2.75, 3.05) is 6.54 Å². The lowest BCUT2D eigenvalue weighted by atomic mass is 9.74. The van der Waals surface area contributed by atoms with Gasteiger partial charge in [0, 0.05) is 12.6 Å². The van der Waals surface area contributed by atoms with Gasteiger partial charge in [0.15, 0.2) is 0 Å². The number of rotatable bonds is 3. The van der Waals surface area contributed by atoms with Gasteiger partial charge in [0.2, 0.25) is 0 Å². The summed E-state index contributed by atoms with van der Waals surface area (Å²) in [5.74, 6) is 1.37. The Kier molecular flexibility index (Phi) is 2.85. The molecule has 0 heterocycles. The van der Waals surface area contributed by atoms with E-state index in [1.54, 1.807) is 0 Å². The normalized spacial score (nSPS) is 43.9. The fourth-order valence-electron chi connectivity index (χ4n) is 3.00. The van der Waals surface area contributed by atoms with Gasteiger partial charge in [-0.25, -0.2) is 0 Å². The van der Waals surface area contributed by atoms with E-state index in [0.29, 0.717) is 17.9 Å². The zero-order valence-corrected chi connectivity index (χ0v) is 9.42. The number of aliphatic hydroxyl groups is 1. The highest BCUT2D eigenvalue weighted by Gasteiger charge is 2.37. The molecule has 2 saturated carbocycles. The van der Waals surface area contributed by atoms with Gasteiger partial charge in [-0.2, -0.15) is 0 Å². The first-order valence-electron chi connectivity index (χ1n) is 6.03. The van der Waals surface area contributed by atoms with Crippen molar-refractivity contribution in [3.63, 3.8) is 0 Å². The third kappa shape index (κ3) is 2.71. The minimum absolute atomic E-state index is 0.417. The zero-order chi connectivity index (χ0) is 10.2. The summed E-state index contributed by atoms with van der Waals surface area (Å²) >= 11 is 0. The molecule has 0 aromatic heterocycles. The fraction of sp³-hybridized carbons (Fsp3) is 1.00. The molecule has 0 bridgehead atoms. The summed E-state index contributed by atoms with van der Waals surface area (Å²) in [6.45, 7) is 5.34. The molecule has 2 unspecified atom stereocenters. The molecule has 0 radical (unpaired) electrons. The van der Waals surface area contributed by atoms with Crippen LogP contribution in [0.3, 0.4) is 0 Å². The van der Waals surface area contributed by atoms with Crippen LogP contribution in [0.1, 0.15) is 46.0 Å². The van der Waals surface area contributed by atoms with Crippen molar-refractivity contribution in [3.05, 3.63) is 0 Å². The second kappa shape index (κ2) is 3.82. The molecule has 14 heavy (non-hydrogen) atoms. The summed E-state index contributed by atoms with van der Waals surface area (Å²) in [7, 11) is 0. The maximum Gasteiger partial charge on any atom is 0.0776 e. The van der Waals surface area contributed by atoms with Crippen LogP contribution in [0, 0.1) is 11.8 Å². The zero-order valence-electron chi connectivity index (χ0n) is 9.42. The summed E-state index contributed by atoms with van der Waals surface area (Å²) in [5, 5.41) is 13.9. The number of nitrogens with one attached hydrogen (secondary N) is 1. The van der Waals surface area contributed by atoms with E-state index in [4.69, 9.17) is 0 Å². The van der Waals surface area contributed by atoms with Crippen molar-refractivity contribution < 1.29 is 5.11 Å². The summed E-state index contributed by atoms with van der Waals surface area (Å²) in [4.78, 5) is 0. The third-order valence-electron chi connectivity index (χ3n) is 3.56. The van der Waals surface area contributed by atoms with Crippen LogP contribution in [0.5, 0.6) is 0 Å². The highest BCUT2D eigenvalue weighted by molar-refractivity contribution is 4.92. The summed E-state index contributed by atoms with van der Waals surface area (Å²) < 4.78 is 0. The maximum atomic E-state index is 10.4. The quantitative estimate of drug-likeness (QED) is 0.724. The van der Waals surface area contributed by atoms with Crippen LogP contribution in [0.15, 0.2) is 0 Å². The van der Waals surface area contributed by atoms with E-state index in [-0.39, 0.29) is 0 Å². The molecule has 2 nitrogen and oxygen atoms in total. The molecule has 0 aliphatic heterocycles. The highest BCUT2D eigenvalue weighted by atomic mass is 16.3. The smallest absolute Gasteiger partial charge is 0.0776 e. The Labute approximate surface area is 87.1 Å². The Morgan fingerprint density at radius 3 is 2.29 bits per heavy atom. The lowest BCUT2D eigenvalue weighted by molar-refractivity contribution is -0.0298. The van der Waals surface area contributed by atoms with E-state index in [1.165, 1.54) is 19.3 Å². The van der Waals surface area contributed by atoms with Crippen LogP contribution in [-0.2, 0) is 0 Å². The Morgan fingerprint density at radius 1 is 1.21 bits per heavy atom. The van der Waals surface area contributed by atoms with Crippen molar-refractivity contribution in [2.45, 2.75) is 57.6 Å². The third-order valence-corrected chi connectivity index (χ3v) is 3.56. The molecule has 2 atom stereocenters. The van der Waals surface area contributed by atoms with E-state index < -0.39 is 5.60 Å². The predicted octanol–water partition coefficient (Wildman–Crippen LogP) is 1.93. The Morgan fingerprint density at radius 2 is 1.79 bits per heavy atom. The molecule has 82 valence electrons. The average molecular weight is 197 g/mol. The van der Waals surface area contributed by atoms with E-state index >= 15 is 0 Å². The molecule has 2 heteroatoms. The van der Waals surface area contributed by atoms with Crippen molar-refractivity contribution in [1.82, 2.24) is 5.32 Å². The lowest BCUT2D eigenvalue weighted by Crippen LogP contribution is -2.46. The predicted molar refractivity (Wildman–Crippen MR) is 58.2 cm³/mol. The minimum atomic E-state index is -0.417. The maximum absolute atomic E-state index is 10.4. The van der Waals surface area contributed by atoms with Crippen LogP contribution in [0.25, 0.3) is 0 Å². The van der Waals surface area contributed by atoms with Crippen LogP contribution in [-0.4, -0.2) is 23.3 Å². The second-order valence-electron chi connectivity index (χ2n) is 5.73. The topological polar surface area (TPSA) is 32.3 Å². The van der Waals surface area contributed by atoms with Gasteiger partial charge in [-0.15, -0.1) is 0 Å². The van der Waals surface area contributed by atoms with Crippen molar-refractivity contribution in [3.8, 4) is 0 Å².